The van der Waals surface area contributed by atoms with Gasteiger partial charge in [0.25, 0.3) is 0 Å². The molecule has 1 fully saturated rings. The molecule has 0 amide bonds. The summed E-state index contributed by atoms with van der Waals surface area (Å²) in [4.78, 5) is 9.94. The van der Waals surface area contributed by atoms with Gasteiger partial charge in [-0.1, -0.05) is 13.8 Å². The van der Waals surface area contributed by atoms with Crippen molar-refractivity contribution in [1.82, 2.24) is 0 Å². The Morgan fingerprint density at radius 3 is 2.67 bits per heavy atom. The fourth-order valence-corrected chi connectivity index (χ4v) is 2.36. The van der Waals surface area contributed by atoms with Crippen LogP contribution in [0.2, 0.25) is 0 Å². The number of nitrogens with zero attached hydrogens (tertiary/aromatic N) is 1. The van der Waals surface area contributed by atoms with Crippen LogP contribution in [-0.2, 0) is 0 Å². The molecule has 1 saturated carbocycles. The zero-order valence-corrected chi connectivity index (χ0v) is 8.77. The Kier molecular flexibility index (Phi) is 2.08. The maximum Gasteiger partial charge on any atom is 0.433 e. The van der Waals surface area contributed by atoms with Crippen molar-refractivity contribution in [3.05, 3.63) is 28.0 Å². The van der Waals surface area contributed by atoms with Gasteiger partial charge < -0.3 is 10.2 Å². The van der Waals surface area contributed by atoms with Crippen LogP contribution in [-0.4, -0.2) is 11.5 Å². The number of hydrogen-bond acceptors (Lipinski definition) is 4. The molecule has 2 atom stereocenters. The fourth-order valence-electron chi connectivity index (χ4n) is 2.36. The van der Waals surface area contributed by atoms with Gasteiger partial charge in [-0.2, -0.15) is 0 Å². The molecule has 2 N–H and O–H groups in total. The van der Waals surface area contributed by atoms with E-state index in [9.17, 15) is 10.1 Å². The van der Waals surface area contributed by atoms with Crippen molar-refractivity contribution in [2.24, 2.45) is 17.1 Å². The highest BCUT2D eigenvalue weighted by molar-refractivity contribution is 5.29. The quantitative estimate of drug-likeness (QED) is 0.610. The minimum atomic E-state index is -0.518. The summed E-state index contributed by atoms with van der Waals surface area (Å²) in [6.07, 6.45) is 0. The van der Waals surface area contributed by atoms with Crippen LogP contribution in [0.3, 0.4) is 0 Å². The first kappa shape index (κ1) is 10.2. The Balaban J connectivity index is 2.22. The van der Waals surface area contributed by atoms with E-state index in [-0.39, 0.29) is 17.2 Å². The van der Waals surface area contributed by atoms with E-state index in [1.54, 1.807) is 6.07 Å². The van der Waals surface area contributed by atoms with E-state index in [4.69, 9.17) is 10.2 Å². The van der Waals surface area contributed by atoms with Crippen LogP contribution in [0.25, 0.3) is 0 Å². The van der Waals surface area contributed by atoms with Gasteiger partial charge in [0.15, 0.2) is 0 Å². The van der Waals surface area contributed by atoms with Gasteiger partial charge >= 0.3 is 5.88 Å². The number of hydrogen-bond donors (Lipinski definition) is 1. The minimum absolute atomic E-state index is 0.0977. The van der Waals surface area contributed by atoms with Gasteiger partial charge in [0.1, 0.15) is 10.7 Å². The molecular weight excluding hydrogens is 196 g/mol. The summed E-state index contributed by atoms with van der Waals surface area (Å²) in [6, 6.07) is 3.08. The van der Waals surface area contributed by atoms with Crippen LogP contribution in [0.5, 0.6) is 0 Å². The van der Waals surface area contributed by atoms with Crippen molar-refractivity contribution in [1.29, 1.82) is 0 Å². The molecule has 0 spiro atoms. The summed E-state index contributed by atoms with van der Waals surface area (Å²) in [7, 11) is 0. The molecule has 15 heavy (non-hydrogen) atoms. The molecule has 5 heteroatoms. The van der Waals surface area contributed by atoms with Crippen LogP contribution < -0.4 is 5.73 Å². The summed E-state index contributed by atoms with van der Waals surface area (Å²) in [5, 5.41) is 10.5. The third kappa shape index (κ3) is 1.43. The number of rotatable bonds is 3. The molecule has 1 aromatic rings. The van der Waals surface area contributed by atoms with E-state index in [0.29, 0.717) is 18.2 Å². The molecular formula is C10H14N2O3. The monoisotopic (exact) mass is 210 g/mol. The maximum absolute atomic E-state index is 10.5. The highest BCUT2D eigenvalue weighted by Gasteiger charge is 2.59. The highest BCUT2D eigenvalue weighted by Crippen LogP contribution is 2.64. The Labute approximate surface area is 87.4 Å². The average molecular weight is 210 g/mol. The van der Waals surface area contributed by atoms with Crippen molar-refractivity contribution >= 4 is 5.88 Å². The van der Waals surface area contributed by atoms with Crippen LogP contribution in [0.1, 0.15) is 25.5 Å². The lowest BCUT2D eigenvalue weighted by molar-refractivity contribution is -0.402. The molecule has 0 bridgehead atoms. The summed E-state index contributed by atoms with van der Waals surface area (Å²) in [5.41, 5.74) is 5.73. The lowest BCUT2D eigenvalue weighted by Crippen LogP contribution is -2.05. The molecule has 0 radical (unpaired) electrons. The van der Waals surface area contributed by atoms with Crippen molar-refractivity contribution in [2.75, 3.05) is 6.54 Å². The molecule has 1 aliphatic rings. The molecule has 82 valence electrons. The molecule has 2 rings (SSSR count). The first-order chi connectivity index (χ1) is 6.98. The lowest BCUT2D eigenvalue weighted by Gasteiger charge is -1.98. The number of furan rings is 1. The summed E-state index contributed by atoms with van der Waals surface area (Å²) >= 11 is 0. The third-order valence-corrected chi connectivity index (χ3v) is 3.40. The topological polar surface area (TPSA) is 82.3 Å². The van der Waals surface area contributed by atoms with Crippen LogP contribution in [0.4, 0.5) is 5.88 Å². The second-order valence-electron chi connectivity index (χ2n) is 4.57. The molecule has 0 aliphatic heterocycles. The van der Waals surface area contributed by atoms with Crippen LogP contribution in [0.15, 0.2) is 16.5 Å². The van der Waals surface area contributed by atoms with Gasteiger partial charge in [-0.05, 0) is 23.9 Å². The largest absolute Gasteiger partial charge is 0.433 e. The standard InChI is InChI=1S/C10H14N2O3/c1-10(2)6(5-11)9(10)7-3-4-8(15-7)12(13)14/h3-4,6,9H,5,11H2,1-2H3/t6-,9+/m1/s1. The Morgan fingerprint density at radius 2 is 2.27 bits per heavy atom. The predicted molar refractivity (Wildman–Crippen MR) is 54.4 cm³/mol. The predicted octanol–water partition coefficient (Wildman–Crippen LogP) is 1.89. The fraction of sp³-hybridized carbons (Fsp3) is 0.600. The summed E-state index contributed by atoms with van der Waals surface area (Å²) in [6.45, 7) is 4.79. The SMILES string of the molecule is CC1(C)[C@H](CN)[C@H]1c1ccc([N+](=O)[O-])o1. The van der Waals surface area contributed by atoms with E-state index in [0.717, 1.165) is 0 Å². The second kappa shape index (κ2) is 3.06. The maximum atomic E-state index is 10.5. The zero-order chi connectivity index (χ0) is 11.2. The van der Waals surface area contributed by atoms with Crippen LogP contribution in [0, 0.1) is 21.4 Å². The van der Waals surface area contributed by atoms with E-state index < -0.39 is 4.92 Å². The Bertz CT molecular complexity index is 397. The van der Waals surface area contributed by atoms with Crippen LogP contribution >= 0.6 is 0 Å². The van der Waals surface area contributed by atoms with Crippen molar-refractivity contribution in [3.63, 3.8) is 0 Å². The smallest absolute Gasteiger partial charge is 0.406 e. The van der Waals surface area contributed by atoms with E-state index >= 15 is 0 Å². The van der Waals surface area contributed by atoms with Gasteiger partial charge in [0, 0.05) is 5.92 Å². The molecule has 0 unspecified atom stereocenters. The number of nitrogens with two attached hydrogens (primary N) is 1. The molecule has 5 nitrogen and oxygen atoms in total. The van der Waals surface area contributed by atoms with E-state index in [1.807, 2.05) is 0 Å². The average Bonchev–Trinajstić information content (AvgIpc) is 2.58. The Hall–Kier alpha value is -1.36. The van der Waals surface area contributed by atoms with Crippen molar-refractivity contribution < 1.29 is 9.34 Å². The second-order valence-corrected chi connectivity index (χ2v) is 4.57. The summed E-state index contributed by atoms with van der Waals surface area (Å²) < 4.78 is 5.18. The molecule has 0 saturated heterocycles. The van der Waals surface area contributed by atoms with Crippen molar-refractivity contribution in [3.8, 4) is 0 Å². The minimum Gasteiger partial charge on any atom is -0.406 e. The van der Waals surface area contributed by atoms with Crippen molar-refractivity contribution in [2.45, 2.75) is 19.8 Å². The van der Waals surface area contributed by atoms with E-state index in [2.05, 4.69) is 13.8 Å². The number of nitro groups is 1. The molecule has 0 aromatic carbocycles. The third-order valence-electron chi connectivity index (χ3n) is 3.40. The van der Waals surface area contributed by atoms with Gasteiger partial charge in [0.05, 0.1) is 6.07 Å². The van der Waals surface area contributed by atoms with Gasteiger partial charge in [-0.25, -0.2) is 0 Å². The van der Waals surface area contributed by atoms with E-state index in [1.165, 1.54) is 6.07 Å². The first-order valence-electron chi connectivity index (χ1n) is 4.92. The van der Waals surface area contributed by atoms with Gasteiger partial charge in [-0.15, -0.1) is 0 Å². The molecule has 1 aromatic heterocycles. The summed E-state index contributed by atoms with van der Waals surface area (Å²) in [5.74, 6) is 1.07. The Morgan fingerprint density at radius 1 is 1.60 bits per heavy atom. The molecule has 1 heterocycles. The first-order valence-corrected chi connectivity index (χ1v) is 4.92. The molecule has 1 aliphatic carbocycles. The lowest BCUT2D eigenvalue weighted by atomic mass is 10.1. The zero-order valence-electron chi connectivity index (χ0n) is 8.77. The van der Waals surface area contributed by atoms with Gasteiger partial charge in [-0.3, -0.25) is 10.1 Å². The highest BCUT2D eigenvalue weighted by atomic mass is 16.6. The van der Waals surface area contributed by atoms with Gasteiger partial charge in [0.2, 0.25) is 0 Å². The normalized spacial score (nSPS) is 27.7.